The van der Waals surface area contributed by atoms with Crippen LogP contribution in [-0.2, 0) is 10.6 Å². The first kappa shape index (κ1) is 26.3. The third-order valence-corrected chi connectivity index (χ3v) is 6.48. The fourth-order valence-corrected chi connectivity index (χ4v) is 4.96. The van der Waals surface area contributed by atoms with Gasteiger partial charge in [-0.05, 0) is 81.1 Å². The van der Waals surface area contributed by atoms with Gasteiger partial charge in [-0.1, -0.05) is 20.8 Å². The second kappa shape index (κ2) is 9.38. The number of hydrogen-bond acceptors (Lipinski definition) is 3. The summed E-state index contributed by atoms with van der Waals surface area (Å²) in [5.74, 6) is 0.309. The smallest absolute Gasteiger partial charge is 0.416 e. The number of fused-ring (bicyclic) bond motifs is 1. The van der Waals surface area contributed by atoms with E-state index in [1.54, 1.807) is 32.2 Å². The minimum absolute atomic E-state index is 0.132. The van der Waals surface area contributed by atoms with Crippen molar-refractivity contribution in [3.05, 3.63) is 69.6 Å². The molecule has 4 nitrogen and oxygen atoms in total. The first-order valence-corrected chi connectivity index (χ1v) is 14.4. The molecule has 0 aliphatic carbocycles. The third-order valence-electron chi connectivity index (χ3n) is 5.61. The molecule has 34 heavy (non-hydrogen) atoms. The van der Waals surface area contributed by atoms with Crippen molar-refractivity contribution in [2.75, 3.05) is 0 Å². The van der Waals surface area contributed by atoms with E-state index in [4.69, 9.17) is 9.16 Å². The minimum Gasteiger partial charge on any atom is -0.483 e. The Bertz CT molecular complexity index is 1130. The third kappa shape index (κ3) is 6.42. The Labute approximate surface area is 201 Å². The van der Waals surface area contributed by atoms with E-state index in [2.05, 4.69) is 33.9 Å². The van der Waals surface area contributed by atoms with Gasteiger partial charge >= 0.3 is 6.18 Å². The molecular weight excluding hydrogens is 459 g/mol. The number of hydrogen-bond donors (Lipinski definition) is 0. The molecule has 0 bridgehead atoms. The summed E-state index contributed by atoms with van der Waals surface area (Å²) >= 11 is 0. The van der Waals surface area contributed by atoms with Crippen LogP contribution in [0.3, 0.4) is 0 Å². The molecule has 1 unspecified atom stereocenters. The Balaban J connectivity index is 2.05. The van der Waals surface area contributed by atoms with E-state index in [1.807, 2.05) is 6.07 Å². The molecular formula is C26H34F3NO3Si. The average molecular weight is 494 g/mol. The quantitative estimate of drug-likeness (QED) is 0.416. The van der Waals surface area contributed by atoms with Gasteiger partial charge in [0, 0.05) is 17.8 Å². The maximum atomic E-state index is 13.4. The average Bonchev–Trinajstić information content (AvgIpc) is 2.68. The Morgan fingerprint density at radius 1 is 1.12 bits per heavy atom. The summed E-state index contributed by atoms with van der Waals surface area (Å²) in [4.78, 5) is 13.2. The molecule has 0 saturated heterocycles. The molecule has 1 aliphatic heterocycles. The lowest BCUT2D eigenvalue weighted by Gasteiger charge is -2.32. The van der Waals surface area contributed by atoms with Crippen LogP contribution < -0.4 is 10.3 Å². The van der Waals surface area contributed by atoms with Crippen molar-refractivity contribution in [2.24, 2.45) is 5.41 Å². The van der Waals surface area contributed by atoms with Crippen LogP contribution in [0.4, 0.5) is 13.2 Å². The van der Waals surface area contributed by atoms with Gasteiger partial charge in [-0.3, -0.25) is 9.36 Å². The molecule has 2 heterocycles. The van der Waals surface area contributed by atoms with Crippen molar-refractivity contribution in [3.63, 3.8) is 0 Å². The summed E-state index contributed by atoms with van der Waals surface area (Å²) in [7, 11) is -1.37. The van der Waals surface area contributed by atoms with Crippen LogP contribution in [0, 0.1) is 5.41 Å². The molecule has 0 spiro atoms. The maximum Gasteiger partial charge on any atom is 0.416 e. The molecule has 0 radical (unpaired) electrons. The van der Waals surface area contributed by atoms with E-state index >= 15 is 0 Å². The summed E-state index contributed by atoms with van der Waals surface area (Å²) in [6, 6.07) is 6.73. The van der Waals surface area contributed by atoms with Crippen LogP contribution in [0.1, 0.15) is 70.3 Å². The Kier molecular flexibility index (Phi) is 7.25. The number of ether oxygens (including phenoxy) is 1. The zero-order chi connectivity index (χ0) is 25.5. The molecule has 0 saturated carbocycles. The lowest BCUT2D eigenvalue weighted by Crippen LogP contribution is -2.32. The first-order chi connectivity index (χ1) is 15.6. The standard InChI is InChI=1S/C26H34F3NO3Si/c1-24(2,3)12-10-21(33-34(6)7)17-11-13-30(23(31)14-17)20-16-25(4,5)32-22-9-8-18(15-19(20)22)26(27,28)29/h8-9,11,13-16,21,34H,10,12H2,1-7H3. The zero-order valence-corrected chi connectivity index (χ0v) is 22.1. The van der Waals surface area contributed by atoms with Crippen molar-refractivity contribution in [3.8, 4) is 5.75 Å². The molecule has 2 aromatic rings. The molecule has 8 heteroatoms. The van der Waals surface area contributed by atoms with Gasteiger partial charge in [0.25, 0.3) is 5.56 Å². The van der Waals surface area contributed by atoms with Gasteiger partial charge in [-0.15, -0.1) is 0 Å². The molecule has 186 valence electrons. The van der Waals surface area contributed by atoms with Crippen LogP contribution in [-0.4, -0.2) is 19.2 Å². The topological polar surface area (TPSA) is 40.5 Å². The van der Waals surface area contributed by atoms with Crippen molar-refractivity contribution >= 4 is 14.7 Å². The highest BCUT2D eigenvalue weighted by molar-refractivity contribution is 6.48. The zero-order valence-electron chi connectivity index (χ0n) is 20.9. The van der Waals surface area contributed by atoms with Gasteiger partial charge in [0.05, 0.1) is 17.4 Å². The highest BCUT2D eigenvalue weighted by Crippen LogP contribution is 2.40. The van der Waals surface area contributed by atoms with Crippen LogP contribution in [0.25, 0.3) is 5.70 Å². The van der Waals surface area contributed by atoms with Gasteiger partial charge in [0.2, 0.25) is 0 Å². The maximum absolute atomic E-state index is 13.4. The van der Waals surface area contributed by atoms with Crippen molar-refractivity contribution in [2.45, 2.75) is 78.4 Å². The number of pyridine rings is 1. The molecule has 1 atom stereocenters. The van der Waals surface area contributed by atoms with E-state index in [9.17, 15) is 18.0 Å². The highest BCUT2D eigenvalue weighted by atomic mass is 28.3. The molecule has 1 aromatic carbocycles. The predicted octanol–water partition coefficient (Wildman–Crippen LogP) is 6.79. The normalized spacial score (nSPS) is 16.6. The molecule has 1 aliphatic rings. The molecule has 0 N–H and O–H groups in total. The number of aromatic nitrogens is 1. The molecule has 0 fully saturated rings. The molecule has 0 amide bonds. The van der Waals surface area contributed by atoms with E-state index in [0.717, 1.165) is 30.5 Å². The number of nitrogens with zero attached hydrogens (tertiary/aromatic N) is 1. The lowest BCUT2D eigenvalue weighted by atomic mass is 9.88. The van der Waals surface area contributed by atoms with Gasteiger partial charge in [0.15, 0.2) is 9.04 Å². The fourth-order valence-electron chi connectivity index (χ4n) is 4.01. The molecule has 1 aromatic heterocycles. The predicted molar refractivity (Wildman–Crippen MR) is 132 cm³/mol. The van der Waals surface area contributed by atoms with Crippen LogP contribution in [0.2, 0.25) is 13.1 Å². The first-order valence-electron chi connectivity index (χ1n) is 11.6. The van der Waals surface area contributed by atoms with Crippen molar-refractivity contribution in [1.29, 1.82) is 0 Å². The second-order valence-corrected chi connectivity index (χ2v) is 13.3. The van der Waals surface area contributed by atoms with Crippen molar-refractivity contribution < 1.29 is 22.3 Å². The highest BCUT2D eigenvalue weighted by Gasteiger charge is 2.34. The van der Waals surface area contributed by atoms with Crippen LogP contribution in [0.5, 0.6) is 5.75 Å². The van der Waals surface area contributed by atoms with Crippen LogP contribution in [0.15, 0.2) is 47.4 Å². The van der Waals surface area contributed by atoms with Crippen LogP contribution >= 0.6 is 0 Å². The Morgan fingerprint density at radius 2 is 1.79 bits per heavy atom. The lowest BCUT2D eigenvalue weighted by molar-refractivity contribution is -0.137. The second-order valence-electron chi connectivity index (χ2n) is 10.9. The van der Waals surface area contributed by atoms with E-state index in [0.29, 0.717) is 11.4 Å². The van der Waals surface area contributed by atoms with Gasteiger partial charge in [0.1, 0.15) is 11.4 Å². The Morgan fingerprint density at radius 3 is 2.35 bits per heavy atom. The number of halogens is 3. The summed E-state index contributed by atoms with van der Waals surface area (Å²) in [5.41, 5.74) is -0.362. The van der Waals surface area contributed by atoms with Gasteiger partial charge in [-0.2, -0.15) is 13.2 Å². The number of alkyl halides is 3. The summed E-state index contributed by atoms with van der Waals surface area (Å²) < 4.78 is 53.7. The monoisotopic (exact) mass is 493 g/mol. The minimum atomic E-state index is -4.50. The van der Waals surface area contributed by atoms with Gasteiger partial charge in [-0.25, -0.2) is 0 Å². The Hall–Kier alpha value is -2.32. The number of benzene rings is 1. The van der Waals surface area contributed by atoms with Gasteiger partial charge < -0.3 is 9.16 Å². The summed E-state index contributed by atoms with van der Waals surface area (Å²) in [6.45, 7) is 14.3. The van der Waals surface area contributed by atoms with Crippen molar-refractivity contribution in [1.82, 2.24) is 4.57 Å². The summed E-state index contributed by atoms with van der Waals surface area (Å²) in [5, 5.41) is 0. The fraction of sp³-hybridized carbons (Fsp3) is 0.500. The van der Waals surface area contributed by atoms with E-state index in [-0.39, 0.29) is 22.6 Å². The van der Waals surface area contributed by atoms with E-state index < -0.39 is 26.4 Å². The number of rotatable bonds is 6. The summed E-state index contributed by atoms with van der Waals surface area (Å²) in [6.07, 6.45) is 0.360. The largest absolute Gasteiger partial charge is 0.483 e. The van der Waals surface area contributed by atoms with E-state index in [1.165, 1.54) is 10.6 Å². The molecule has 3 rings (SSSR count). The SMILES string of the molecule is C[SiH](C)OC(CCC(C)(C)C)c1ccn(C2=CC(C)(C)Oc3ccc(C(F)(F)F)cc32)c(=O)c1.